The van der Waals surface area contributed by atoms with E-state index in [1.807, 2.05) is 19.1 Å². The lowest BCUT2D eigenvalue weighted by Crippen LogP contribution is -2.23. The van der Waals surface area contributed by atoms with Gasteiger partial charge in [0.15, 0.2) is 0 Å². The van der Waals surface area contributed by atoms with E-state index in [0.717, 1.165) is 35.6 Å². The zero-order valence-corrected chi connectivity index (χ0v) is 15.7. The Bertz CT molecular complexity index is 937. The van der Waals surface area contributed by atoms with Gasteiger partial charge in [0.1, 0.15) is 11.5 Å². The van der Waals surface area contributed by atoms with Crippen molar-refractivity contribution in [2.24, 2.45) is 0 Å². The molecule has 1 N–H and O–H groups in total. The second-order valence-electron chi connectivity index (χ2n) is 7.15. The van der Waals surface area contributed by atoms with Gasteiger partial charge in [-0.3, -0.25) is 14.5 Å². The third kappa shape index (κ3) is 3.65. The number of aromatic nitrogens is 3. The number of carbonyl (C=O) groups is 1. The normalized spacial score (nSPS) is 14.6. The summed E-state index contributed by atoms with van der Waals surface area (Å²) in [5.74, 6) is 1.24. The Morgan fingerprint density at radius 3 is 2.63 bits per heavy atom. The molecule has 3 aromatic heterocycles. The minimum Gasteiger partial charge on any atom is -0.466 e. The summed E-state index contributed by atoms with van der Waals surface area (Å²) in [5.41, 5.74) is 3.63. The highest BCUT2D eigenvalue weighted by Crippen LogP contribution is 2.33. The molecule has 0 saturated heterocycles. The van der Waals surface area contributed by atoms with Crippen molar-refractivity contribution in [3.05, 3.63) is 59.4 Å². The fraction of sp³-hybridized carbons (Fsp3) is 0.381. The van der Waals surface area contributed by atoms with Gasteiger partial charge in [0.25, 0.3) is 5.91 Å². The zero-order valence-electron chi connectivity index (χ0n) is 15.7. The SMILES string of the molecule is Cc1cc(C(=O)NCc2cc(-c3ccncc3)n(C3CCCC3)n2)c(C)o1. The zero-order chi connectivity index (χ0) is 18.8. The molecular formula is C21H24N4O2. The highest BCUT2D eigenvalue weighted by molar-refractivity contribution is 5.95. The van der Waals surface area contributed by atoms with E-state index in [9.17, 15) is 4.79 Å². The van der Waals surface area contributed by atoms with E-state index in [0.29, 0.717) is 23.9 Å². The lowest BCUT2D eigenvalue weighted by atomic mass is 10.1. The molecule has 0 spiro atoms. The van der Waals surface area contributed by atoms with Crippen molar-refractivity contribution < 1.29 is 9.21 Å². The van der Waals surface area contributed by atoms with E-state index in [1.165, 1.54) is 12.8 Å². The van der Waals surface area contributed by atoms with Crippen LogP contribution in [0.3, 0.4) is 0 Å². The summed E-state index contributed by atoms with van der Waals surface area (Å²) in [6.07, 6.45) is 8.38. The monoisotopic (exact) mass is 364 g/mol. The van der Waals surface area contributed by atoms with E-state index in [-0.39, 0.29) is 5.91 Å². The lowest BCUT2D eigenvalue weighted by molar-refractivity contribution is 0.0949. The number of aryl methyl sites for hydroxylation is 2. The third-order valence-corrected chi connectivity index (χ3v) is 5.15. The van der Waals surface area contributed by atoms with Crippen molar-refractivity contribution in [3.8, 4) is 11.3 Å². The molecule has 3 heterocycles. The van der Waals surface area contributed by atoms with Gasteiger partial charge in [-0.15, -0.1) is 0 Å². The molecule has 6 nitrogen and oxygen atoms in total. The van der Waals surface area contributed by atoms with Crippen LogP contribution < -0.4 is 5.32 Å². The van der Waals surface area contributed by atoms with Crippen LogP contribution in [0.1, 0.15) is 59.3 Å². The van der Waals surface area contributed by atoms with Crippen LogP contribution in [0.2, 0.25) is 0 Å². The summed E-state index contributed by atoms with van der Waals surface area (Å²) >= 11 is 0. The smallest absolute Gasteiger partial charge is 0.255 e. The van der Waals surface area contributed by atoms with Crippen molar-refractivity contribution in [2.75, 3.05) is 0 Å². The third-order valence-electron chi connectivity index (χ3n) is 5.15. The summed E-state index contributed by atoms with van der Waals surface area (Å²) in [4.78, 5) is 16.6. The molecule has 0 atom stereocenters. The molecule has 1 saturated carbocycles. The van der Waals surface area contributed by atoms with E-state index >= 15 is 0 Å². The average molecular weight is 364 g/mol. The molecule has 1 fully saturated rings. The number of nitrogens with zero attached hydrogens (tertiary/aromatic N) is 3. The predicted molar refractivity (Wildman–Crippen MR) is 102 cm³/mol. The Labute approximate surface area is 158 Å². The molecule has 1 aliphatic carbocycles. The van der Waals surface area contributed by atoms with Crippen LogP contribution in [-0.2, 0) is 6.54 Å². The van der Waals surface area contributed by atoms with Crippen molar-refractivity contribution >= 4 is 5.91 Å². The molecule has 4 rings (SSSR count). The molecule has 0 unspecified atom stereocenters. The largest absolute Gasteiger partial charge is 0.466 e. The molecule has 0 aliphatic heterocycles. The van der Waals surface area contributed by atoms with Crippen LogP contribution in [0.15, 0.2) is 41.1 Å². The van der Waals surface area contributed by atoms with E-state index in [2.05, 4.69) is 21.0 Å². The molecule has 27 heavy (non-hydrogen) atoms. The summed E-state index contributed by atoms with van der Waals surface area (Å²) in [6.45, 7) is 4.03. The second-order valence-corrected chi connectivity index (χ2v) is 7.15. The fourth-order valence-electron chi connectivity index (χ4n) is 3.82. The maximum atomic E-state index is 12.5. The summed E-state index contributed by atoms with van der Waals surface area (Å²) < 4.78 is 7.59. The van der Waals surface area contributed by atoms with Gasteiger partial charge in [0.05, 0.1) is 29.5 Å². The Kier molecular flexibility index (Phi) is 4.79. The molecule has 0 bridgehead atoms. The number of nitrogens with one attached hydrogen (secondary N) is 1. The van der Waals surface area contributed by atoms with Gasteiger partial charge in [0, 0.05) is 18.0 Å². The predicted octanol–water partition coefficient (Wildman–Crippen LogP) is 4.20. The van der Waals surface area contributed by atoms with Crippen LogP contribution >= 0.6 is 0 Å². The molecule has 0 aromatic carbocycles. The first-order valence-corrected chi connectivity index (χ1v) is 9.46. The van der Waals surface area contributed by atoms with Gasteiger partial charge in [-0.25, -0.2) is 0 Å². The number of hydrogen-bond donors (Lipinski definition) is 1. The molecule has 1 amide bonds. The fourth-order valence-corrected chi connectivity index (χ4v) is 3.82. The highest BCUT2D eigenvalue weighted by Gasteiger charge is 2.22. The van der Waals surface area contributed by atoms with Crippen LogP contribution in [0, 0.1) is 13.8 Å². The number of furan rings is 1. The molecule has 1 aliphatic rings. The molecule has 6 heteroatoms. The topological polar surface area (TPSA) is 73.0 Å². The van der Waals surface area contributed by atoms with Crippen LogP contribution in [0.4, 0.5) is 0 Å². The molecular weight excluding hydrogens is 340 g/mol. The van der Waals surface area contributed by atoms with E-state index < -0.39 is 0 Å². The Morgan fingerprint density at radius 2 is 1.96 bits per heavy atom. The number of pyridine rings is 1. The minimum atomic E-state index is -0.134. The minimum absolute atomic E-state index is 0.134. The first-order chi connectivity index (χ1) is 13.1. The second kappa shape index (κ2) is 7.39. The molecule has 3 aromatic rings. The van der Waals surface area contributed by atoms with Gasteiger partial charge in [-0.2, -0.15) is 5.10 Å². The molecule has 0 radical (unpaired) electrons. The van der Waals surface area contributed by atoms with Gasteiger partial charge in [-0.1, -0.05) is 12.8 Å². The van der Waals surface area contributed by atoms with Crippen molar-refractivity contribution in [2.45, 2.75) is 52.1 Å². The number of amides is 1. The summed E-state index contributed by atoms with van der Waals surface area (Å²) in [7, 11) is 0. The maximum absolute atomic E-state index is 12.5. The molecule has 140 valence electrons. The van der Waals surface area contributed by atoms with Crippen LogP contribution in [-0.4, -0.2) is 20.7 Å². The lowest BCUT2D eigenvalue weighted by Gasteiger charge is -2.14. The highest BCUT2D eigenvalue weighted by atomic mass is 16.3. The first kappa shape index (κ1) is 17.5. The van der Waals surface area contributed by atoms with E-state index in [4.69, 9.17) is 9.52 Å². The van der Waals surface area contributed by atoms with Crippen molar-refractivity contribution in [1.29, 1.82) is 0 Å². The van der Waals surface area contributed by atoms with Crippen molar-refractivity contribution in [3.63, 3.8) is 0 Å². The van der Waals surface area contributed by atoms with E-state index in [1.54, 1.807) is 25.4 Å². The quantitative estimate of drug-likeness (QED) is 0.736. The standard InChI is InChI=1S/C21H24N4O2/c1-14-11-19(15(2)27-14)21(26)23-13-17-12-20(16-7-9-22-10-8-16)25(24-17)18-5-3-4-6-18/h7-12,18H,3-6,13H2,1-2H3,(H,23,26). The Morgan fingerprint density at radius 1 is 1.22 bits per heavy atom. The average Bonchev–Trinajstić information content (AvgIpc) is 3.40. The first-order valence-electron chi connectivity index (χ1n) is 9.46. The van der Waals surface area contributed by atoms with Gasteiger partial charge >= 0.3 is 0 Å². The maximum Gasteiger partial charge on any atom is 0.255 e. The summed E-state index contributed by atoms with van der Waals surface area (Å²) in [5, 5.41) is 7.78. The Hall–Kier alpha value is -2.89. The van der Waals surface area contributed by atoms with Gasteiger partial charge in [-0.05, 0) is 51.0 Å². The number of carbonyl (C=O) groups excluding carboxylic acids is 1. The van der Waals surface area contributed by atoms with Gasteiger partial charge < -0.3 is 9.73 Å². The summed E-state index contributed by atoms with van der Waals surface area (Å²) in [6, 6.07) is 8.27. The van der Waals surface area contributed by atoms with Gasteiger partial charge in [0.2, 0.25) is 0 Å². The van der Waals surface area contributed by atoms with Crippen LogP contribution in [0.5, 0.6) is 0 Å². The number of hydrogen-bond acceptors (Lipinski definition) is 4. The number of rotatable bonds is 5. The Balaban J connectivity index is 1.56. The van der Waals surface area contributed by atoms with Crippen molar-refractivity contribution in [1.82, 2.24) is 20.1 Å². The van der Waals surface area contributed by atoms with Crippen LogP contribution in [0.25, 0.3) is 11.3 Å².